The minimum absolute atomic E-state index is 0.0109. The standard InChI is InChI=1S/C6H9BrO3/c1-5(2)10-9-4-6(7)3-8/h3-5H,1-2H3/b6-4+. The lowest BCUT2D eigenvalue weighted by atomic mass is 10.5. The van der Waals surface area contributed by atoms with Crippen LogP contribution in [0.2, 0.25) is 0 Å². The molecule has 0 aromatic rings. The fourth-order valence-corrected chi connectivity index (χ4v) is 0.289. The Morgan fingerprint density at radius 3 is 2.60 bits per heavy atom. The SMILES string of the molecule is CC(C)OO/C=C(/Br)C=O. The number of carbonyl (C=O) groups excluding carboxylic acids is 1. The average Bonchev–Trinajstić information content (AvgIpc) is 1.87. The molecule has 0 amide bonds. The fraction of sp³-hybridized carbons (Fsp3) is 0.500. The van der Waals surface area contributed by atoms with Gasteiger partial charge in [-0.2, -0.15) is 4.89 Å². The lowest BCUT2D eigenvalue weighted by Crippen LogP contribution is -1.99. The van der Waals surface area contributed by atoms with E-state index in [9.17, 15) is 4.79 Å². The summed E-state index contributed by atoms with van der Waals surface area (Å²) >= 11 is 2.91. The van der Waals surface area contributed by atoms with E-state index in [-0.39, 0.29) is 6.10 Å². The van der Waals surface area contributed by atoms with Gasteiger partial charge in [0.2, 0.25) is 0 Å². The predicted octanol–water partition coefficient (Wildman–Crippen LogP) is 1.78. The summed E-state index contributed by atoms with van der Waals surface area (Å²) in [6, 6.07) is 0. The summed E-state index contributed by atoms with van der Waals surface area (Å²) in [6.45, 7) is 3.64. The lowest BCUT2D eigenvalue weighted by Gasteiger charge is -2.01. The van der Waals surface area contributed by atoms with Gasteiger partial charge in [0.25, 0.3) is 0 Å². The van der Waals surface area contributed by atoms with Gasteiger partial charge in [0.05, 0.1) is 10.6 Å². The Kier molecular flexibility index (Phi) is 5.25. The first-order chi connectivity index (χ1) is 4.66. The Balaban J connectivity index is 3.43. The second-order valence-corrected chi connectivity index (χ2v) is 2.78. The lowest BCUT2D eigenvalue weighted by molar-refractivity contribution is -0.274. The summed E-state index contributed by atoms with van der Waals surface area (Å²) in [5.74, 6) is 0. The van der Waals surface area contributed by atoms with Crippen LogP contribution in [-0.4, -0.2) is 12.4 Å². The van der Waals surface area contributed by atoms with E-state index in [1.807, 2.05) is 13.8 Å². The molecule has 0 aliphatic rings. The molecular formula is C6H9BrO3. The Hall–Kier alpha value is -0.350. The zero-order chi connectivity index (χ0) is 7.98. The van der Waals surface area contributed by atoms with Gasteiger partial charge in [0.15, 0.2) is 6.29 Å². The van der Waals surface area contributed by atoms with Crippen molar-refractivity contribution in [2.45, 2.75) is 20.0 Å². The number of hydrogen-bond acceptors (Lipinski definition) is 3. The molecule has 0 aromatic heterocycles. The first-order valence-electron chi connectivity index (χ1n) is 2.79. The van der Waals surface area contributed by atoms with E-state index < -0.39 is 0 Å². The van der Waals surface area contributed by atoms with Crippen LogP contribution in [0.25, 0.3) is 0 Å². The molecule has 0 unspecified atom stereocenters. The van der Waals surface area contributed by atoms with E-state index in [1.165, 1.54) is 6.26 Å². The third kappa shape index (κ3) is 5.78. The maximum Gasteiger partial charge on any atom is 0.160 e. The van der Waals surface area contributed by atoms with Gasteiger partial charge in [0.1, 0.15) is 6.26 Å². The van der Waals surface area contributed by atoms with Crippen molar-refractivity contribution in [2.24, 2.45) is 0 Å². The van der Waals surface area contributed by atoms with Crippen molar-refractivity contribution < 1.29 is 14.6 Å². The summed E-state index contributed by atoms with van der Waals surface area (Å²) in [5.41, 5.74) is 0. The first-order valence-corrected chi connectivity index (χ1v) is 3.59. The van der Waals surface area contributed by atoms with Crippen molar-refractivity contribution >= 4 is 22.2 Å². The number of allylic oxidation sites excluding steroid dienone is 1. The molecular weight excluding hydrogens is 200 g/mol. The predicted molar refractivity (Wildman–Crippen MR) is 40.4 cm³/mol. The van der Waals surface area contributed by atoms with E-state index in [0.717, 1.165) is 0 Å². The zero-order valence-corrected chi connectivity index (χ0v) is 7.42. The molecule has 0 bridgehead atoms. The molecule has 0 aliphatic carbocycles. The minimum atomic E-state index is -0.0109. The van der Waals surface area contributed by atoms with Crippen LogP contribution in [0.1, 0.15) is 13.8 Å². The van der Waals surface area contributed by atoms with Gasteiger partial charge in [-0.3, -0.25) is 4.79 Å². The summed E-state index contributed by atoms with van der Waals surface area (Å²) in [7, 11) is 0. The largest absolute Gasteiger partial charge is 0.344 e. The van der Waals surface area contributed by atoms with Crippen LogP contribution >= 0.6 is 15.9 Å². The highest BCUT2D eigenvalue weighted by Gasteiger charge is 1.91. The van der Waals surface area contributed by atoms with Crippen molar-refractivity contribution in [3.05, 3.63) is 10.7 Å². The molecule has 58 valence electrons. The third-order valence-corrected chi connectivity index (χ3v) is 0.895. The second kappa shape index (κ2) is 5.44. The van der Waals surface area contributed by atoms with Gasteiger partial charge in [-0.25, -0.2) is 0 Å². The zero-order valence-electron chi connectivity index (χ0n) is 5.83. The van der Waals surface area contributed by atoms with Crippen molar-refractivity contribution in [1.29, 1.82) is 0 Å². The van der Waals surface area contributed by atoms with Crippen LogP contribution in [0.15, 0.2) is 10.7 Å². The number of rotatable bonds is 4. The van der Waals surface area contributed by atoms with Crippen LogP contribution in [0.3, 0.4) is 0 Å². The smallest absolute Gasteiger partial charge is 0.160 e. The first kappa shape index (κ1) is 9.65. The highest BCUT2D eigenvalue weighted by Crippen LogP contribution is 2.00. The molecule has 10 heavy (non-hydrogen) atoms. The molecule has 0 rings (SSSR count). The summed E-state index contributed by atoms with van der Waals surface area (Å²) < 4.78 is 0.313. The van der Waals surface area contributed by atoms with Gasteiger partial charge in [0, 0.05) is 0 Å². The number of aldehydes is 1. The number of carbonyl (C=O) groups is 1. The quantitative estimate of drug-likeness (QED) is 0.233. The normalized spacial score (nSPS) is 11.8. The van der Waals surface area contributed by atoms with Crippen molar-refractivity contribution in [1.82, 2.24) is 0 Å². The highest BCUT2D eigenvalue weighted by atomic mass is 79.9. The summed E-state index contributed by atoms with van der Waals surface area (Å²) in [5, 5.41) is 0. The van der Waals surface area contributed by atoms with E-state index in [1.54, 1.807) is 0 Å². The Labute approximate surface area is 68.1 Å². The van der Waals surface area contributed by atoms with Gasteiger partial charge in [-0.05, 0) is 29.8 Å². The molecule has 0 aliphatic heterocycles. The van der Waals surface area contributed by atoms with Crippen LogP contribution in [0.5, 0.6) is 0 Å². The van der Waals surface area contributed by atoms with Crippen LogP contribution in [-0.2, 0) is 14.6 Å². The molecule has 0 radical (unpaired) electrons. The molecule has 0 heterocycles. The third-order valence-electron chi connectivity index (χ3n) is 0.521. The summed E-state index contributed by atoms with van der Waals surface area (Å²) in [4.78, 5) is 19.1. The molecule has 3 nitrogen and oxygen atoms in total. The topological polar surface area (TPSA) is 35.5 Å². The van der Waals surface area contributed by atoms with E-state index in [2.05, 4.69) is 25.7 Å². The van der Waals surface area contributed by atoms with E-state index in [4.69, 9.17) is 0 Å². The molecule has 0 atom stereocenters. The van der Waals surface area contributed by atoms with Gasteiger partial charge >= 0.3 is 0 Å². The van der Waals surface area contributed by atoms with Gasteiger partial charge in [-0.15, -0.1) is 0 Å². The molecule has 0 aromatic carbocycles. The highest BCUT2D eigenvalue weighted by molar-refractivity contribution is 9.12. The number of halogens is 1. The molecule has 0 saturated heterocycles. The fourth-order valence-electron chi connectivity index (χ4n) is 0.213. The van der Waals surface area contributed by atoms with E-state index >= 15 is 0 Å². The van der Waals surface area contributed by atoms with Gasteiger partial charge in [-0.1, -0.05) is 0 Å². The molecule has 0 N–H and O–H groups in total. The summed E-state index contributed by atoms with van der Waals surface area (Å²) in [6.07, 6.45) is 1.79. The molecule has 4 heteroatoms. The van der Waals surface area contributed by atoms with Crippen LogP contribution < -0.4 is 0 Å². The Bertz CT molecular complexity index is 131. The number of hydrogen-bond donors (Lipinski definition) is 0. The Morgan fingerprint density at radius 1 is 1.60 bits per heavy atom. The van der Waals surface area contributed by atoms with Crippen molar-refractivity contribution in [3.63, 3.8) is 0 Å². The molecule has 0 spiro atoms. The van der Waals surface area contributed by atoms with Crippen LogP contribution in [0, 0.1) is 0 Å². The molecule has 0 fully saturated rings. The maximum atomic E-state index is 9.93. The monoisotopic (exact) mass is 208 g/mol. The van der Waals surface area contributed by atoms with Crippen molar-refractivity contribution in [2.75, 3.05) is 0 Å². The van der Waals surface area contributed by atoms with Gasteiger partial charge < -0.3 is 4.89 Å². The molecule has 0 saturated carbocycles. The van der Waals surface area contributed by atoms with E-state index in [0.29, 0.717) is 10.8 Å². The average molecular weight is 209 g/mol. The van der Waals surface area contributed by atoms with Crippen LogP contribution in [0.4, 0.5) is 0 Å². The van der Waals surface area contributed by atoms with Crippen molar-refractivity contribution in [3.8, 4) is 0 Å². The Morgan fingerprint density at radius 2 is 2.20 bits per heavy atom. The minimum Gasteiger partial charge on any atom is -0.344 e. The second-order valence-electron chi connectivity index (χ2n) is 1.86. The maximum absolute atomic E-state index is 9.93.